The molecule has 0 unspecified atom stereocenters. The van der Waals surface area contributed by atoms with Crippen LogP contribution >= 0.6 is 0 Å². The molecule has 4 rings (SSSR count). The highest BCUT2D eigenvalue weighted by Crippen LogP contribution is 2.29. The molecular formula is C24H29N3O5S. The molecule has 1 saturated carbocycles. The van der Waals surface area contributed by atoms with E-state index in [0.29, 0.717) is 30.9 Å². The zero-order valence-corrected chi connectivity index (χ0v) is 19.2. The molecule has 0 bridgehead atoms. The van der Waals surface area contributed by atoms with Gasteiger partial charge in [-0.3, -0.25) is 4.79 Å². The van der Waals surface area contributed by atoms with Crippen LogP contribution in [0.2, 0.25) is 0 Å². The Bertz CT molecular complexity index is 1110. The van der Waals surface area contributed by atoms with E-state index >= 15 is 0 Å². The van der Waals surface area contributed by atoms with E-state index < -0.39 is 16.1 Å². The first kappa shape index (κ1) is 23.1. The number of hydrogen-bond donors (Lipinski definition) is 3. The number of amides is 3. The number of carbonyl (C=O) groups is 2. The van der Waals surface area contributed by atoms with Crippen LogP contribution in [0.25, 0.3) is 0 Å². The lowest BCUT2D eigenvalue weighted by atomic mass is 9.96. The third-order valence-corrected chi connectivity index (χ3v) is 7.41. The van der Waals surface area contributed by atoms with Crippen LogP contribution in [0.4, 0.5) is 4.79 Å². The molecule has 33 heavy (non-hydrogen) atoms. The fourth-order valence-electron chi connectivity index (χ4n) is 4.29. The van der Waals surface area contributed by atoms with Gasteiger partial charge in [-0.1, -0.05) is 43.5 Å². The summed E-state index contributed by atoms with van der Waals surface area (Å²) < 4.78 is 32.7. The summed E-state index contributed by atoms with van der Waals surface area (Å²) in [5.41, 5.74) is 2.44. The van der Waals surface area contributed by atoms with Crippen molar-refractivity contribution in [1.29, 1.82) is 0 Å². The molecule has 1 fully saturated rings. The van der Waals surface area contributed by atoms with E-state index in [0.717, 1.165) is 49.7 Å². The average Bonchev–Trinajstić information content (AvgIpc) is 3.28. The van der Waals surface area contributed by atoms with Crippen LogP contribution in [0, 0.1) is 0 Å². The zero-order chi connectivity index (χ0) is 23.3. The second-order valence-corrected chi connectivity index (χ2v) is 10.1. The van der Waals surface area contributed by atoms with E-state index in [1.54, 1.807) is 18.2 Å². The first-order valence-corrected chi connectivity index (χ1v) is 12.9. The molecule has 0 aromatic heterocycles. The van der Waals surface area contributed by atoms with E-state index in [1.165, 1.54) is 12.1 Å². The van der Waals surface area contributed by atoms with Crippen molar-refractivity contribution in [2.45, 2.75) is 55.9 Å². The number of carbonyl (C=O) groups excluding carboxylic acids is 2. The van der Waals surface area contributed by atoms with Crippen molar-refractivity contribution in [2.24, 2.45) is 0 Å². The molecule has 2 aliphatic rings. The van der Waals surface area contributed by atoms with Crippen molar-refractivity contribution in [3.8, 4) is 5.75 Å². The summed E-state index contributed by atoms with van der Waals surface area (Å²) in [5, 5.41) is 5.63. The van der Waals surface area contributed by atoms with Gasteiger partial charge in [-0.05, 0) is 48.6 Å². The fourth-order valence-corrected chi connectivity index (χ4v) is 5.20. The molecule has 9 heteroatoms. The maximum Gasteiger partial charge on any atom is 0.328 e. The van der Waals surface area contributed by atoms with Crippen molar-refractivity contribution >= 4 is 22.0 Å². The van der Waals surface area contributed by atoms with E-state index in [9.17, 15) is 18.0 Å². The molecular weight excluding hydrogens is 442 g/mol. The summed E-state index contributed by atoms with van der Waals surface area (Å²) in [4.78, 5) is 24.6. The monoisotopic (exact) mass is 471 g/mol. The largest absolute Gasteiger partial charge is 0.492 e. The summed E-state index contributed by atoms with van der Waals surface area (Å²) in [7, 11) is -3.95. The number of benzene rings is 2. The topological polar surface area (TPSA) is 114 Å². The van der Waals surface area contributed by atoms with Crippen LogP contribution in [0.3, 0.4) is 0 Å². The number of para-hydroxylation sites is 1. The Hall–Kier alpha value is -3.07. The number of ether oxygens (including phenoxy) is 1. The lowest BCUT2D eigenvalue weighted by Gasteiger charge is -2.22. The lowest BCUT2D eigenvalue weighted by molar-refractivity contribution is 0.0951. The lowest BCUT2D eigenvalue weighted by Crippen LogP contribution is -2.45. The summed E-state index contributed by atoms with van der Waals surface area (Å²) in [6, 6.07) is 11.2. The Kier molecular flexibility index (Phi) is 7.17. The van der Waals surface area contributed by atoms with E-state index in [4.69, 9.17) is 4.74 Å². The molecule has 176 valence electrons. The fraction of sp³-hybridized carbons (Fsp3) is 0.417. The number of urea groups is 1. The first-order chi connectivity index (χ1) is 15.9. The molecule has 0 saturated heterocycles. The van der Waals surface area contributed by atoms with Crippen LogP contribution in [-0.4, -0.2) is 39.5 Å². The molecule has 8 nitrogen and oxygen atoms in total. The number of sulfonamides is 1. The molecule has 1 aliphatic carbocycles. The minimum Gasteiger partial charge on any atom is -0.492 e. The van der Waals surface area contributed by atoms with Gasteiger partial charge in [0.25, 0.3) is 15.9 Å². The van der Waals surface area contributed by atoms with E-state index in [1.807, 2.05) is 12.1 Å². The normalized spacial score (nSPS) is 15.9. The van der Waals surface area contributed by atoms with Crippen molar-refractivity contribution in [3.05, 3.63) is 59.2 Å². The number of fused-ring (bicyclic) bond motifs is 1. The van der Waals surface area contributed by atoms with Crippen molar-refractivity contribution in [1.82, 2.24) is 15.4 Å². The third-order valence-electron chi connectivity index (χ3n) is 6.06. The van der Waals surface area contributed by atoms with Gasteiger partial charge in [0.05, 0.1) is 17.1 Å². The van der Waals surface area contributed by atoms with Gasteiger partial charge in [0.2, 0.25) is 0 Å². The van der Waals surface area contributed by atoms with Crippen LogP contribution < -0.4 is 20.1 Å². The smallest absolute Gasteiger partial charge is 0.328 e. The van der Waals surface area contributed by atoms with Gasteiger partial charge in [0.15, 0.2) is 0 Å². The second kappa shape index (κ2) is 10.2. The SMILES string of the molecule is O=C(NC1CCCCC1)NS(=O)(=O)c1ccc(CCNC(=O)c2cccc3c2OCC3)cc1. The molecule has 2 aromatic carbocycles. The molecule has 2 aromatic rings. The molecule has 1 heterocycles. The first-order valence-electron chi connectivity index (χ1n) is 11.4. The van der Waals surface area contributed by atoms with E-state index in [2.05, 4.69) is 15.4 Å². The highest BCUT2D eigenvalue weighted by molar-refractivity contribution is 7.90. The van der Waals surface area contributed by atoms with Crippen LogP contribution in [0.15, 0.2) is 47.4 Å². The summed E-state index contributed by atoms with van der Waals surface area (Å²) in [6.45, 7) is 0.989. The molecule has 3 amide bonds. The Labute approximate surface area is 194 Å². The molecule has 1 aliphatic heterocycles. The van der Waals surface area contributed by atoms with Gasteiger partial charge in [-0.25, -0.2) is 17.9 Å². The molecule has 0 radical (unpaired) electrons. The third kappa shape index (κ3) is 5.84. The van der Waals surface area contributed by atoms with Crippen LogP contribution in [0.1, 0.15) is 53.6 Å². The Morgan fingerprint density at radius 2 is 1.76 bits per heavy atom. The average molecular weight is 472 g/mol. The second-order valence-electron chi connectivity index (χ2n) is 8.46. The minimum absolute atomic E-state index is 0.0195. The number of nitrogens with one attached hydrogen (secondary N) is 3. The van der Waals surface area contributed by atoms with Crippen molar-refractivity contribution < 1.29 is 22.7 Å². The Morgan fingerprint density at radius 3 is 2.52 bits per heavy atom. The Morgan fingerprint density at radius 1 is 1.00 bits per heavy atom. The van der Waals surface area contributed by atoms with Crippen LogP contribution in [0.5, 0.6) is 5.75 Å². The van der Waals surface area contributed by atoms with Gasteiger partial charge in [-0.2, -0.15) is 0 Å². The van der Waals surface area contributed by atoms with Gasteiger partial charge in [0, 0.05) is 19.0 Å². The highest BCUT2D eigenvalue weighted by Gasteiger charge is 2.22. The quantitative estimate of drug-likeness (QED) is 0.575. The zero-order valence-electron chi connectivity index (χ0n) is 18.4. The van der Waals surface area contributed by atoms with Gasteiger partial charge < -0.3 is 15.4 Å². The van der Waals surface area contributed by atoms with Crippen LogP contribution in [-0.2, 0) is 22.9 Å². The van der Waals surface area contributed by atoms with Gasteiger partial charge in [-0.15, -0.1) is 0 Å². The summed E-state index contributed by atoms with van der Waals surface area (Å²) >= 11 is 0. The van der Waals surface area contributed by atoms with Gasteiger partial charge in [0.1, 0.15) is 5.75 Å². The van der Waals surface area contributed by atoms with Gasteiger partial charge >= 0.3 is 6.03 Å². The predicted molar refractivity (Wildman–Crippen MR) is 124 cm³/mol. The number of rotatable bonds is 7. The minimum atomic E-state index is -3.95. The highest BCUT2D eigenvalue weighted by atomic mass is 32.2. The van der Waals surface area contributed by atoms with Crippen molar-refractivity contribution in [2.75, 3.05) is 13.2 Å². The Balaban J connectivity index is 1.27. The molecule has 0 spiro atoms. The number of hydrogen-bond acceptors (Lipinski definition) is 5. The summed E-state index contributed by atoms with van der Waals surface area (Å²) in [6.07, 6.45) is 6.33. The summed E-state index contributed by atoms with van der Waals surface area (Å²) in [5.74, 6) is 0.464. The standard InChI is InChI=1S/C24H29N3O5S/c28-23(21-8-4-5-18-14-16-32-22(18)21)25-15-13-17-9-11-20(12-10-17)33(30,31)27-24(29)26-19-6-2-1-3-7-19/h4-5,8-12,19H,1-3,6-7,13-16H2,(H,25,28)(H2,26,27,29). The maximum absolute atomic E-state index is 12.5. The van der Waals surface area contributed by atoms with Crippen molar-refractivity contribution in [3.63, 3.8) is 0 Å². The molecule has 3 N–H and O–H groups in total. The van der Waals surface area contributed by atoms with E-state index in [-0.39, 0.29) is 16.8 Å². The predicted octanol–water partition coefficient (Wildman–Crippen LogP) is 2.91. The maximum atomic E-state index is 12.5. The molecule has 0 atom stereocenters.